The Hall–Kier alpha value is -3.41. The van der Waals surface area contributed by atoms with Crippen LogP contribution in [0.3, 0.4) is 0 Å². The maximum Gasteiger partial charge on any atom is 0.250 e. The Morgan fingerprint density at radius 1 is 1.03 bits per heavy atom. The van der Waals surface area contributed by atoms with Crippen LogP contribution in [0.5, 0.6) is 0 Å². The zero-order chi connectivity index (χ0) is 20.6. The van der Waals surface area contributed by atoms with Gasteiger partial charge >= 0.3 is 0 Å². The molecule has 0 bridgehead atoms. The average molecular weight is 392 g/mol. The van der Waals surface area contributed by atoms with Crippen molar-refractivity contribution >= 4 is 5.96 Å². The van der Waals surface area contributed by atoms with Gasteiger partial charge in [0.05, 0.1) is 6.54 Å². The molecule has 0 saturated carbocycles. The van der Waals surface area contributed by atoms with Gasteiger partial charge in [-0.1, -0.05) is 42.5 Å². The van der Waals surface area contributed by atoms with Gasteiger partial charge in [-0.3, -0.25) is 9.79 Å². The maximum atomic E-state index is 13.4. The summed E-state index contributed by atoms with van der Waals surface area (Å²) in [5.74, 6) is 0.492. The van der Waals surface area contributed by atoms with Crippen LogP contribution in [-0.4, -0.2) is 29.5 Å². The van der Waals surface area contributed by atoms with E-state index in [-0.39, 0.29) is 11.4 Å². The molecule has 1 N–H and O–H groups in total. The number of nitrogens with one attached hydrogen (secondary N) is 1. The molecule has 29 heavy (non-hydrogen) atoms. The van der Waals surface area contributed by atoms with Crippen LogP contribution in [0.1, 0.15) is 16.7 Å². The molecular weight excluding hydrogens is 367 g/mol. The van der Waals surface area contributed by atoms with E-state index < -0.39 is 0 Å². The molecule has 6 heteroatoms. The summed E-state index contributed by atoms with van der Waals surface area (Å²) in [6.07, 6.45) is 1.79. The van der Waals surface area contributed by atoms with E-state index in [1.165, 1.54) is 12.1 Å². The van der Waals surface area contributed by atoms with E-state index in [0.29, 0.717) is 19.6 Å². The maximum absolute atomic E-state index is 13.4. The minimum Gasteiger partial charge on any atom is -0.352 e. The van der Waals surface area contributed by atoms with Crippen molar-refractivity contribution < 1.29 is 4.39 Å². The molecule has 1 aromatic heterocycles. The van der Waals surface area contributed by atoms with Crippen molar-refractivity contribution in [2.24, 2.45) is 4.99 Å². The summed E-state index contributed by atoms with van der Waals surface area (Å²) in [6.45, 7) is 1.72. The van der Waals surface area contributed by atoms with Gasteiger partial charge in [0.1, 0.15) is 5.82 Å². The zero-order valence-corrected chi connectivity index (χ0v) is 16.7. The van der Waals surface area contributed by atoms with Crippen LogP contribution in [0.25, 0.3) is 0 Å². The molecule has 0 radical (unpaired) electrons. The number of rotatable bonds is 6. The van der Waals surface area contributed by atoms with Crippen LogP contribution in [-0.2, 0) is 19.6 Å². The van der Waals surface area contributed by atoms with Crippen molar-refractivity contribution in [3.8, 4) is 0 Å². The lowest BCUT2D eigenvalue weighted by molar-refractivity contribution is 0.474. The fourth-order valence-electron chi connectivity index (χ4n) is 3.10. The quantitative estimate of drug-likeness (QED) is 0.518. The Morgan fingerprint density at radius 3 is 2.48 bits per heavy atom. The van der Waals surface area contributed by atoms with Crippen LogP contribution in [0.4, 0.5) is 4.39 Å². The van der Waals surface area contributed by atoms with E-state index in [4.69, 9.17) is 0 Å². The molecule has 0 aliphatic heterocycles. The smallest absolute Gasteiger partial charge is 0.250 e. The lowest BCUT2D eigenvalue weighted by Gasteiger charge is -2.22. The monoisotopic (exact) mass is 392 g/mol. The summed E-state index contributed by atoms with van der Waals surface area (Å²) in [5, 5.41) is 3.33. The molecule has 2 aromatic carbocycles. The molecule has 0 spiro atoms. The van der Waals surface area contributed by atoms with Crippen LogP contribution in [0.2, 0.25) is 0 Å². The third-order valence-corrected chi connectivity index (χ3v) is 4.61. The lowest BCUT2D eigenvalue weighted by atomic mass is 10.1. The van der Waals surface area contributed by atoms with Crippen molar-refractivity contribution in [2.45, 2.75) is 19.6 Å². The minimum absolute atomic E-state index is 0.0108. The van der Waals surface area contributed by atoms with Crippen LogP contribution < -0.4 is 10.9 Å². The second kappa shape index (κ2) is 9.68. The number of hydrogen-bond acceptors (Lipinski definition) is 2. The molecule has 0 unspecified atom stereocenters. The van der Waals surface area contributed by atoms with Crippen LogP contribution in [0.15, 0.2) is 82.7 Å². The first-order valence-corrected chi connectivity index (χ1v) is 9.44. The number of guanidine groups is 1. The number of benzene rings is 2. The van der Waals surface area contributed by atoms with E-state index >= 15 is 0 Å². The molecule has 0 atom stereocenters. The third-order valence-electron chi connectivity index (χ3n) is 4.61. The second-order valence-electron chi connectivity index (χ2n) is 6.87. The molecular formula is C23H25FN4O. The highest BCUT2D eigenvalue weighted by Crippen LogP contribution is 2.08. The molecule has 0 aliphatic carbocycles. The van der Waals surface area contributed by atoms with Crippen molar-refractivity contribution in [1.82, 2.24) is 14.8 Å². The number of pyridine rings is 1. The first kappa shape index (κ1) is 20.3. The first-order valence-electron chi connectivity index (χ1n) is 9.44. The van der Waals surface area contributed by atoms with Gasteiger partial charge in [-0.05, 0) is 34.9 Å². The third kappa shape index (κ3) is 5.78. The highest BCUT2D eigenvalue weighted by molar-refractivity contribution is 5.79. The highest BCUT2D eigenvalue weighted by atomic mass is 19.1. The van der Waals surface area contributed by atoms with Crippen LogP contribution >= 0.6 is 0 Å². The number of hydrogen-bond donors (Lipinski definition) is 1. The summed E-state index contributed by atoms with van der Waals surface area (Å²) in [4.78, 5) is 18.1. The summed E-state index contributed by atoms with van der Waals surface area (Å²) >= 11 is 0. The van der Waals surface area contributed by atoms with Gasteiger partial charge in [-0.2, -0.15) is 0 Å². The van der Waals surface area contributed by atoms with Crippen molar-refractivity contribution in [2.75, 3.05) is 14.1 Å². The van der Waals surface area contributed by atoms with Gasteiger partial charge in [-0.25, -0.2) is 4.39 Å². The van der Waals surface area contributed by atoms with E-state index in [0.717, 1.165) is 22.6 Å². The fourth-order valence-corrected chi connectivity index (χ4v) is 3.10. The number of halogens is 1. The van der Waals surface area contributed by atoms with E-state index in [1.807, 2.05) is 48.3 Å². The van der Waals surface area contributed by atoms with Crippen LogP contribution in [0, 0.1) is 5.82 Å². The summed E-state index contributed by atoms with van der Waals surface area (Å²) in [6, 6.07) is 19.8. The molecule has 0 fully saturated rings. The molecule has 3 aromatic rings. The molecule has 3 rings (SSSR count). The first-order chi connectivity index (χ1) is 14.0. The topological polar surface area (TPSA) is 49.6 Å². The Kier molecular flexibility index (Phi) is 6.79. The van der Waals surface area contributed by atoms with E-state index in [9.17, 15) is 9.18 Å². The predicted molar refractivity (Wildman–Crippen MR) is 114 cm³/mol. The normalized spacial score (nSPS) is 11.3. The van der Waals surface area contributed by atoms with E-state index in [2.05, 4.69) is 10.3 Å². The largest absolute Gasteiger partial charge is 0.352 e. The van der Waals surface area contributed by atoms with Gasteiger partial charge < -0.3 is 14.8 Å². The van der Waals surface area contributed by atoms with E-state index in [1.54, 1.807) is 36.0 Å². The Morgan fingerprint density at radius 2 is 1.79 bits per heavy atom. The predicted octanol–water partition coefficient (Wildman–Crippen LogP) is 3.24. The molecule has 150 valence electrons. The molecule has 1 heterocycles. The van der Waals surface area contributed by atoms with Crippen molar-refractivity contribution in [3.05, 3.63) is 106 Å². The Balaban J connectivity index is 1.56. The molecule has 0 aliphatic rings. The summed E-state index contributed by atoms with van der Waals surface area (Å²) in [5.41, 5.74) is 3.04. The second-order valence-corrected chi connectivity index (χ2v) is 6.87. The zero-order valence-electron chi connectivity index (χ0n) is 16.7. The van der Waals surface area contributed by atoms with Crippen molar-refractivity contribution in [3.63, 3.8) is 0 Å². The van der Waals surface area contributed by atoms with Gasteiger partial charge in [0, 0.05) is 39.4 Å². The number of aromatic nitrogens is 1. The molecule has 0 amide bonds. The lowest BCUT2D eigenvalue weighted by Crippen LogP contribution is -2.38. The number of nitrogens with zero attached hydrogens (tertiary/aromatic N) is 3. The fraction of sp³-hybridized carbons (Fsp3) is 0.217. The number of aliphatic imine (C=N–C) groups is 1. The highest BCUT2D eigenvalue weighted by Gasteiger charge is 2.07. The Labute approximate surface area is 170 Å². The van der Waals surface area contributed by atoms with Gasteiger partial charge in [-0.15, -0.1) is 0 Å². The minimum atomic E-state index is -0.239. The molecule has 0 saturated heterocycles. The SMILES string of the molecule is CN=C(NCc1ccc(Cn2ccccc2=O)cc1)N(C)Cc1cccc(F)c1. The van der Waals surface area contributed by atoms with Gasteiger partial charge in [0.15, 0.2) is 5.96 Å². The Bertz CT molecular complexity index is 1030. The van der Waals surface area contributed by atoms with Crippen molar-refractivity contribution in [1.29, 1.82) is 0 Å². The van der Waals surface area contributed by atoms with Gasteiger partial charge in [0.2, 0.25) is 0 Å². The standard InChI is InChI=1S/C23H25FN4O/c1-25-23(27(2)16-20-6-5-7-21(24)14-20)26-15-18-9-11-19(12-10-18)17-28-13-4-3-8-22(28)29/h3-14H,15-17H2,1-2H3,(H,25,26). The molecule has 5 nitrogen and oxygen atoms in total. The summed E-state index contributed by atoms with van der Waals surface area (Å²) < 4.78 is 15.1. The summed E-state index contributed by atoms with van der Waals surface area (Å²) in [7, 11) is 3.64. The van der Waals surface area contributed by atoms with Gasteiger partial charge in [0.25, 0.3) is 5.56 Å². The average Bonchev–Trinajstić information content (AvgIpc) is 2.71.